The van der Waals surface area contributed by atoms with Crippen LogP contribution in [0.1, 0.15) is 94.5 Å². The monoisotopic (exact) mass is 758 g/mol. The van der Waals surface area contributed by atoms with Crippen LogP contribution < -0.4 is 5.46 Å². The lowest BCUT2D eigenvalue weighted by Crippen LogP contribution is -2.41. The van der Waals surface area contributed by atoms with Crippen LogP contribution in [0, 0.1) is 25.5 Å². The van der Waals surface area contributed by atoms with Gasteiger partial charge in [-0.2, -0.15) is 0 Å². The molecule has 7 rings (SSSR count). The summed E-state index contributed by atoms with van der Waals surface area (Å²) in [6.45, 7) is 27.8. The summed E-state index contributed by atoms with van der Waals surface area (Å²) < 4.78 is 67.0. The zero-order valence-corrected chi connectivity index (χ0v) is 33.2. The van der Waals surface area contributed by atoms with Crippen molar-refractivity contribution < 1.29 is 36.7 Å². The van der Waals surface area contributed by atoms with Crippen molar-refractivity contribution in [3.63, 3.8) is 0 Å². The molecular formula is C34H48B3BrF2N4O6. The van der Waals surface area contributed by atoms with Crippen molar-refractivity contribution in [1.29, 1.82) is 0 Å². The Labute approximate surface area is 303 Å². The normalized spacial score (nSPS) is 22.5. The fraction of sp³-hybridized carbons (Fsp3) is 0.588. The molecule has 16 heteroatoms. The number of fused-ring (bicyclic) bond motifs is 2. The van der Waals surface area contributed by atoms with Crippen molar-refractivity contribution >= 4 is 53.8 Å². The minimum atomic E-state index is -0.568. The first-order valence-electron chi connectivity index (χ1n) is 16.8. The molecule has 4 aromatic rings. The minimum Gasteiger partial charge on any atom is -0.405 e. The molecule has 3 saturated heterocycles. The van der Waals surface area contributed by atoms with Crippen LogP contribution >= 0.6 is 15.9 Å². The Kier molecular flexibility index (Phi) is 10.1. The van der Waals surface area contributed by atoms with Crippen molar-refractivity contribution in [2.75, 3.05) is 0 Å². The van der Waals surface area contributed by atoms with E-state index < -0.39 is 32.3 Å². The van der Waals surface area contributed by atoms with Crippen molar-refractivity contribution in [2.24, 2.45) is 0 Å². The van der Waals surface area contributed by atoms with Gasteiger partial charge in [-0.1, -0.05) is 0 Å². The Balaban J connectivity index is 0.000000150. The van der Waals surface area contributed by atoms with Gasteiger partial charge in [0.2, 0.25) is 0 Å². The number of rotatable bonds is 2. The summed E-state index contributed by atoms with van der Waals surface area (Å²) in [5.41, 5.74) is 0.624. The van der Waals surface area contributed by atoms with E-state index in [1.54, 1.807) is 33.6 Å². The SMILES string of the molecule is CC1(C)OB(B2OC(C)(C)C(C)(C)O2)OC1(C)C.Cc1cn2cc(B3OC(C)(C)C(C)(C)O3)cc(F)c2n1.Cc1cn2cc(Br)cc(F)c2n1. The average Bonchev–Trinajstić information content (AvgIpc) is 3.68. The predicted molar refractivity (Wildman–Crippen MR) is 195 cm³/mol. The van der Waals surface area contributed by atoms with E-state index in [2.05, 4.69) is 25.9 Å². The van der Waals surface area contributed by atoms with E-state index in [4.69, 9.17) is 27.9 Å². The van der Waals surface area contributed by atoms with Crippen molar-refractivity contribution in [1.82, 2.24) is 18.8 Å². The number of halogens is 3. The lowest BCUT2D eigenvalue weighted by atomic mass is 9.49. The number of aromatic nitrogens is 4. The highest BCUT2D eigenvalue weighted by Gasteiger charge is 2.63. The molecule has 0 amide bonds. The molecule has 0 radical (unpaired) electrons. The van der Waals surface area contributed by atoms with Crippen LogP contribution in [0.2, 0.25) is 0 Å². The lowest BCUT2D eigenvalue weighted by Gasteiger charge is -2.32. The summed E-state index contributed by atoms with van der Waals surface area (Å²) in [5.74, 6) is -0.678. The first-order chi connectivity index (χ1) is 22.7. The zero-order chi connectivity index (χ0) is 37.4. The molecule has 0 saturated carbocycles. The van der Waals surface area contributed by atoms with Gasteiger partial charge in [0.15, 0.2) is 22.9 Å². The highest BCUT2D eigenvalue weighted by molar-refractivity contribution is 9.10. The summed E-state index contributed by atoms with van der Waals surface area (Å²) in [6.07, 6.45) is 7.15. The number of nitrogens with zero attached hydrogens (tertiary/aromatic N) is 4. The third kappa shape index (κ3) is 7.44. The second-order valence-electron chi connectivity index (χ2n) is 16.2. The average molecular weight is 759 g/mol. The Hall–Kier alpha value is -2.33. The second-order valence-corrected chi connectivity index (χ2v) is 17.1. The summed E-state index contributed by atoms with van der Waals surface area (Å²) in [6, 6.07) is 2.84. The molecule has 0 unspecified atom stereocenters. The molecule has 3 aliphatic heterocycles. The van der Waals surface area contributed by atoms with Crippen LogP contribution in [0.4, 0.5) is 8.78 Å². The number of aryl methyl sites for hydroxylation is 2. The van der Waals surface area contributed by atoms with Crippen LogP contribution in [0.25, 0.3) is 11.3 Å². The van der Waals surface area contributed by atoms with Gasteiger partial charge in [-0.3, -0.25) is 0 Å². The van der Waals surface area contributed by atoms with Crippen molar-refractivity contribution in [3.8, 4) is 0 Å². The number of imidazole rings is 2. The van der Waals surface area contributed by atoms with Gasteiger partial charge >= 0.3 is 21.1 Å². The first kappa shape index (κ1) is 38.9. The Bertz CT molecular complexity index is 1820. The van der Waals surface area contributed by atoms with Crippen LogP contribution in [-0.4, -0.2) is 73.5 Å². The predicted octanol–water partition coefficient (Wildman–Crippen LogP) is 6.87. The van der Waals surface area contributed by atoms with Crippen LogP contribution in [0.5, 0.6) is 0 Å². The van der Waals surface area contributed by atoms with Gasteiger partial charge in [0.25, 0.3) is 0 Å². The Morgan fingerprint density at radius 3 is 1.28 bits per heavy atom. The molecule has 270 valence electrons. The molecule has 50 heavy (non-hydrogen) atoms. The van der Waals surface area contributed by atoms with Crippen LogP contribution in [0.3, 0.4) is 0 Å². The molecule has 3 aliphatic rings. The van der Waals surface area contributed by atoms with Gasteiger partial charge in [-0.05, 0) is 125 Å². The van der Waals surface area contributed by atoms with E-state index in [1.807, 2.05) is 96.9 Å². The Morgan fingerprint density at radius 2 is 0.880 bits per heavy atom. The van der Waals surface area contributed by atoms with Gasteiger partial charge < -0.3 is 36.7 Å². The van der Waals surface area contributed by atoms with Crippen LogP contribution in [0.15, 0.2) is 41.4 Å². The maximum absolute atomic E-state index is 14.1. The van der Waals surface area contributed by atoms with E-state index in [0.29, 0.717) is 21.2 Å². The maximum Gasteiger partial charge on any atom is 0.496 e. The van der Waals surface area contributed by atoms with Gasteiger partial charge in [-0.25, -0.2) is 18.7 Å². The fourth-order valence-corrected chi connectivity index (χ4v) is 5.88. The summed E-state index contributed by atoms with van der Waals surface area (Å²) in [7, 11) is -1.52. The molecule has 7 heterocycles. The van der Waals surface area contributed by atoms with E-state index >= 15 is 0 Å². The highest BCUT2D eigenvalue weighted by Crippen LogP contribution is 2.43. The molecule has 0 spiro atoms. The van der Waals surface area contributed by atoms with Gasteiger partial charge in [0.1, 0.15) is 0 Å². The molecule has 0 aliphatic carbocycles. The molecule has 4 aromatic heterocycles. The quantitative estimate of drug-likeness (QED) is 0.205. The van der Waals surface area contributed by atoms with Crippen molar-refractivity contribution in [2.45, 2.75) is 131 Å². The van der Waals surface area contributed by atoms with Crippen LogP contribution in [-0.2, 0) is 27.9 Å². The number of hydrogen-bond acceptors (Lipinski definition) is 8. The third-order valence-electron chi connectivity index (χ3n) is 10.5. The van der Waals surface area contributed by atoms with Gasteiger partial charge in [-0.15, -0.1) is 0 Å². The Morgan fingerprint density at radius 1 is 0.540 bits per heavy atom. The molecule has 10 nitrogen and oxygen atoms in total. The topological polar surface area (TPSA) is 90.0 Å². The molecular weight excluding hydrogens is 711 g/mol. The van der Waals surface area contributed by atoms with E-state index in [9.17, 15) is 8.78 Å². The van der Waals surface area contributed by atoms with Gasteiger partial charge in [0.05, 0.1) is 45.0 Å². The number of hydrogen-bond donors (Lipinski definition) is 0. The third-order valence-corrected chi connectivity index (χ3v) is 11.0. The van der Waals surface area contributed by atoms with E-state index in [1.165, 1.54) is 12.1 Å². The molecule has 0 N–H and O–H groups in total. The molecule has 0 atom stereocenters. The maximum atomic E-state index is 14.1. The minimum absolute atomic E-state index is 0.308. The molecule has 0 aromatic carbocycles. The highest BCUT2D eigenvalue weighted by atomic mass is 79.9. The summed E-state index contributed by atoms with van der Waals surface area (Å²) in [5, 5.41) is 0. The second kappa shape index (κ2) is 13.0. The molecule has 3 fully saturated rings. The number of pyridine rings is 2. The van der Waals surface area contributed by atoms with Gasteiger partial charge in [0, 0.05) is 34.7 Å². The zero-order valence-electron chi connectivity index (χ0n) is 31.6. The standard InChI is InChI=1S/C14H18BFN2O2.C12H24B2O4.C8H6BrFN2/c1-9-7-18-8-10(6-11(16)12(18)17-9)15-19-13(2,3)14(4,5)20-15;1-9(2)10(3,4)16-13(15-9)14-17-11(5,6)12(7,8)18-14;1-5-3-12-4-6(9)2-7(10)8(12)11-5/h6-8H,1-5H3;1-8H3;2-4H,1H3. The van der Waals surface area contributed by atoms with E-state index in [0.717, 1.165) is 11.4 Å². The fourth-order valence-electron chi connectivity index (χ4n) is 5.45. The lowest BCUT2D eigenvalue weighted by molar-refractivity contribution is 0.00578. The largest absolute Gasteiger partial charge is 0.496 e. The van der Waals surface area contributed by atoms with Crippen molar-refractivity contribution in [3.05, 3.63) is 64.4 Å². The first-order valence-corrected chi connectivity index (χ1v) is 17.6. The van der Waals surface area contributed by atoms with E-state index in [-0.39, 0.29) is 34.0 Å². The summed E-state index contributed by atoms with van der Waals surface area (Å²) >= 11 is 3.20. The smallest absolute Gasteiger partial charge is 0.405 e. The summed E-state index contributed by atoms with van der Waals surface area (Å²) in [4.78, 5) is 8.16. The molecule has 0 bridgehead atoms.